The lowest BCUT2D eigenvalue weighted by molar-refractivity contribution is -0.135. The average Bonchev–Trinajstić information content (AvgIpc) is 3.37. The summed E-state index contributed by atoms with van der Waals surface area (Å²) in [5.74, 6) is -0.993. The molecule has 1 aromatic carbocycles. The molecule has 2 aliphatic rings. The molecule has 0 aromatic heterocycles. The molecule has 1 aliphatic heterocycles. The zero-order chi connectivity index (χ0) is 25.2. The highest BCUT2D eigenvalue weighted by Gasteiger charge is 2.38. The molecule has 1 heterocycles. The van der Waals surface area contributed by atoms with Gasteiger partial charge in [-0.05, 0) is 37.7 Å². The summed E-state index contributed by atoms with van der Waals surface area (Å²) in [6.07, 6.45) is 3.61. The van der Waals surface area contributed by atoms with Crippen molar-refractivity contribution in [3.05, 3.63) is 35.9 Å². The zero-order valence-corrected chi connectivity index (χ0v) is 20.5. The van der Waals surface area contributed by atoms with Crippen LogP contribution in [-0.2, 0) is 20.9 Å². The second kappa shape index (κ2) is 13.4. The highest BCUT2D eigenvalue weighted by molar-refractivity contribution is 5.88. The molecule has 0 radical (unpaired) electrons. The summed E-state index contributed by atoms with van der Waals surface area (Å²) in [6.45, 7) is 2.52. The zero-order valence-electron chi connectivity index (χ0n) is 20.5. The Kier molecular flexibility index (Phi) is 10.3. The third-order valence-electron chi connectivity index (χ3n) is 6.90. The SMILES string of the molecule is CCCC[C@H](NC(=O)C1CCCN1C(=O)OCc1ccccc1)[C@H](O)C(=O)N[C@H]1CCCC[C@@H]1O. The number of nitrogens with one attached hydrogen (secondary N) is 2. The molecule has 1 aromatic rings. The summed E-state index contributed by atoms with van der Waals surface area (Å²) in [5.41, 5.74) is 0.859. The predicted octanol–water partition coefficient (Wildman–Crippen LogP) is 2.24. The Bertz CT molecular complexity index is 836. The first-order valence-electron chi connectivity index (χ1n) is 12.8. The van der Waals surface area contributed by atoms with E-state index in [0.29, 0.717) is 38.6 Å². The van der Waals surface area contributed by atoms with Crippen molar-refractivity contribution in [2.24, 2.45) is 0 Å². The summed E-state index contributed by atoms with van der Waals surface area (Å²) in [7, 11) is 0. The van der Waals surface area contributed by atoms with E-state index in [2.05, 4.69) is 10.6 Å². The quantitative estimate of drug-likeness (QED) is 0.399. The summed E-state index contributed by atoms with van der Waals surface area (Å²) in [6, 6.07) is 7.44. The highest BCUT2D eigenvalue weighted by Crippen LogP contribution is 2.21. The first-order valence-corrected chi connectivity index (χ1v) is 12.8. The van der Waals surface area contributed by atoms with Crippen LogP contribution in [0.2, 0.25) is 0 Å². The van der Waals surface area contributed by atoms with Gasteiger partial charge in [0.2, 0.25) is 5.91 Å². The minimum atomic E-state index is -1.44. The van der Waals surface area contributed by atoms with Crippen molar-refractivity contribution < 1.29 is 29.3 Å². The molecule has 9 nitrogen and oxygen atoms in total. The molecule has 35 heavy (non-hydrogen) atoms. The maximum Gasteiger partial charge on any atom is 0.410 e. The van der Waals surface area contributed by atoms with Gasteiger partial charge in [0.15, 0.2) is 6.10 Å². The van der Waals surface area contributed by atoms with Gasteiger partial charge in [0.05, 0.1) is 18.2 Å². The Hall–Kier alpha value is -2.65. The summed E-state index contributed by atoms with van der Waals surface area (Å²) in [4.78, 5) is 40.0. The topological polar surface area (TPSA) is 128 Å². The number of carbonyl (C=O) groups excluding carboxylic acids is 3. The maximum atomic E-state index is 13.1. The maximum absolute atomic E-state index is 13.1. The van der Waals surface area contributed by atoms with Gasteiger partial charge < -0.3 is 25.6 Å². The molecule has 1 unspecified atom stereocenters. The van der Waals surface area contributed by atoms with E-state index in [4.69, 9.17) is 4.74 Å². The van der Waals surface area contributed by atoms with Gasteiger partial charge in [-0.1, -0.05) is 62.9 Å². The molecule has 9 heteroatoms. The number of amides is 3. The van der Waals surface area contributed by atoms with Crippen LogP contribution in [0.25, 0.3) is 0 Å². The molecule has 194 valence electrons. The Balaban J connectivity index is 1.58. The van der Waals surface area contributed by atoms with Crippen molar-refractivity contribution in [1.82, 2.24) is 15.5 Å². The molecular weight excluding hydrogens is 450 g/mol. The molecule has 2 fully saturated rings. The molecule has 1 aliphatic carbocycles. The number of hydrogen-bond donors (Lipinski definition) is 4. The van der Waals surface area contributed by atoms with Crippen molar-refractivity contribution in [3.63, 3.8) is 0 Å². The average molecular weight is 490 g/mol. The number of hydrogen-bond acceptors (Lipinski definition) is 6. The van der Waals surface area contributed by atoms with Gasteiger partial charge in [-0.15, -0.1) is 0 Å². The van der Waals surface area contributed by atoms with Crippen LogP contribution in [0.15, 0.2) is 30.3 Å². The van der Waals surface area contributed by atoms with Crippen molar-refractivity contribution >= 4 is 17.9 Å². The van der Waals surface area contributed by atoms with Crippen LogP contribution < -0.4 is 10.6 Å². The van der Waals surface area contributed by atoms with Crippen LogP contribution >= 0.6 is 0 Å². The number of rotatable bonds is 10. The Morgan fingerprint density at radius 3 is 2.57 bits per heavy atom. The van der Waals surface area contributed by atoms with Gasteiger partial charge in [-0.2, -0.15) is 0 Å². The van der Waals surface area contributed by atoms with E-state index >= 15 is 0 Å². The van der Waals surface area contributed by atoms with Crippen molar-refractivity contribution in [2.75, 3.05) is 6.54 Å². The van der Waals surface area contributed by atoms with Crippen LogP contribution in [0.5, 0.6) is 0 Å². The van der Waals surface area contributed by atoms with Crippen LogP contribution in [0, 0.1) is 0 Å². The molecule has 0 bridgehead atoms. The number of unbranched alkanes of at least 4 members (excludes halogenated alkanes) is 1. The van der Waals surface area contributed by atoms with E-state index in [0.717, 1.165) is 31.2 Å². The number of ether oxygens (including phenoxy) is 1. The first-order chi connectivity index (χ1) is 16.9. The van der Waals surface area contributed by atoms with Gasteiger partial charge in [0.1, 0.15) is 12.6 Å². The summed E-state index contributed by atoms with van der Waals surface area (Å²) < 4.78 is 5.41. The highest BCUT2D eigenvalue weighted by atomic mass is 16.6. The lowest BCUT2D eigenvalue weighted by Gasteiger charge is -2.31. The minimum Gasteiger partial charge on any atom is -0.445 e. The Morgan fingerprint density at radius 2 is 1.86 bits per heavy atom. The Morgan fingerprint density at radius 1 is 1.11 bits per heavy atom. The van der Waals surface area contributed by atoms with Crippen LogP contribution in [-0.4, -0.2) is 69.9 Å². The monoisotopic (exact) mass is 489 g/mol. The van der Waals surface area contributed by atoms with Crippen LogP contribution in [0.4, 0.5) is 4.79 Å². The number of nitrogens with zero attached hydrogens (tertiary/aromatic N) is 1. The smallest absolute Gasteiger partial charge is 0.410 e. The predicted molar refractivity (Wildman–Crippen MR) is 130 cm³/mol. The third kappa shape index (κ3) is 7.67. The van der Waals surface area contributed by atoms with Crippen molar-refractivity contribution in [3.8, 4) is 0 Å². The van der Waals surface area contributed by atoms with Crippen LogP contribution in [0.1, 0.15) is 70.3 Å². The van der Waals surface area contributed by atoms with E-state index in [-0.39, 0.29) is 6.61 Å². The normalized spacial score (nSPS) is 23.9. The second-order valence-electron chi connectivity index (χ2n) is 9.56. The van der Waals surface area contributed by atoms with Crippen LogP contribution in [0.3, 0.4) is 0 Å². The van der Waals surface area contributed by atoms with E-state index in [9.17, 15) is 24.6 Å². The number of benzene rings is 1. The largest absolute Gasteiger partial charge is 0.445 e. The lowest BCUT2D eigenvalue weighted by atomic mass is 9.92. The summed E-state index contributed by atoms with van der Waals surface area (Å²) >= 11 is 0. The number of aliphatic hydroxyl groups is 2. The van der Waals surface area contributed by atoms with E-state index < -0.39 is 48.2 Å². The fourth-order valence-corrected chi connectivity index (χ4v) is 4.80. The fourth-order valence-electron chi connectivity index (χ4n) is 4.80. The number of carbonyl (C=O) groups is 3. The molecule has 3 amide bonds. The molecule has 1 saturated carbocycles. The van der Waals surface area contributed by atoms with Gasteiger partial charge in [0.25, 0.3) is 5.91 Å². The molecule has 3 rings (SSSR count). The molecule has 1 saturated heterocycles. The molecule has 5 atom stereocenters. The van der Waals surface area contributed by atoms with E-state index in [1.165, 1.54) is 4.90 Å². The van der Waals surface area contributed by atoms with E-state index in [1.807, 2.05) is 37.3 Å². The van der Waals surface area contributed by atoms with Gasteiger partial charge in [-0.3, -0.25) is 14.5 Å². The molecular formula is C26H39N3O6. The van der Waals surface area contributed by atoms with Crippen molar-refractivity contribution in [1.29, 1.82) is 0 Å². The van der Waals surface area contributed by atoms with E-state index in [1.54, 1.807) is 0 Å². The second-order valence-corrected chi connectivity index (χ2v) is 9.56. The number of aliphatic hydroxyl groups excluding tert-OH is 2. The van der Waals surface area contributed by atoms with Gasteiger partial charge >= 0.3 is 6.09 Å². The standard InChI is InChI=1S/C26H39N3O6/c1-2-3-12-20(23(31)25(33)27-19-13-7-8-15-22(19)30)28-24(32)21-14-9-16-29(21)26(34)35-17-18-10-5-4-6-11-18/h4-6,10-11,19-23,30-31H,2-3,7-9,12-17H2,1H3,(H,27,33)(H,28,32)/t19-,20-,21?,22-,23-/m0/s1. The summed E-state index contributed by atoms with van der Waals surface area (Å²) in [5, 5.41) is 26.5. The van der Waals surface area contributed by atoms with Crippen molar-refractivity contribution in [2.45, 2.75) is 102 Å². The third-order valence-corrected chi connectivity index (χ3v) is 6.90. The molecule has 0 spiro atoms. The molecule has 4 N–H and O–H groups in total. The van der Waals surface area contributed by atoms with Gasteiger partial charge in [-0.25, -0.2) is 4.79 Å². The number of likely N-dealkylation sites (tertiary alicyclic amines) is 1. The first kappa shape index (κ1) is 26.9. The Labute approximate surface area is 207 Å². The lowest BCUT2D eigenvalue weighted by Crippen LogP contribution is -2.57. The van der Waals surface area contributed by atoms with Gasteiger partial charge in [0, 0.05) is 6.54 Å². The minimum absolute atomic E-state index is 0.121. The fraction of sp³-hybridized carbons (Fsp3) is 0.654.